The van der Waals surface area contributed by atoms with Crippen LogP contribution >= 0.6 is 12.4 Å². The molecule has 2 amide bonds. The lowest BCUT2D eigenvalue weighted by atomic mass is 9.78. The number of carbonyl (C=O) groups is 2. The molecule has 0 bridgehead atoms. The number of hydrogen-bond donors (Lipinski definition) is 2. The van der Waals surface area contributed by atoms with Gasteiger partial charge in [-0.2, -0.15) is 0 Å². The average Bonchev–Trinajstić information content (AvgIpc) is 2.97. The maximum Gasteiger partial charge on any atom is 0.226 e. The SMILES string of the molecule is CC(=O)Nc1ccc(CC(=O)N2CCC3(CCNC3)CC2)cc1.Cl. The summed E-state index contributed by atoms with van der Waals surface area (Å²) < 4.78 is 0. The zero-order chi connectivity index (χ0) is 16.3. The first kappa shape index (κ1) is 18.7. The molecule has 0 aromatic heterocycles. The van der Waals surface area contributed by atoms with E-state index in [2.05, 4.69) is 10.6 Å². The van der Waals surface area contributed by atoms with Crippen LogP contribution in [0.1, 0.15) is 31.7 Å². The molecule has 0 saturated carbocycles. The molecule has 1 aromatic carbocycles. The van der Waals surface area contributed by atoms with Crippen molar-refractivity contribution < 1.29 is 9.59 Å². The molecule has 24 heavy (non-hydrogen) atoms. The minimum atomic E-state index is -0.0857. The van der Waals surface area contributed by atoms with Crippen molar-refractivity contribution in [1.29, 1.82) is 0 Å². The normalized spacial score (nSPS) is 19.0. The predicted octanol–water partition coefficient (Wildman–Crippen LogP) is 2.21. The van der Waals surface area contributed by atoms with Crippen LogP contribution in [0.2, 0.25) is 0 Å². The van der Waals surface area contributed by atoms with Gasteiger partial charge in [-0.1, -0.05) is 12.1 Å². The van der Waals surface area contributed by atoms with Gasteiger partial charge in [0, 0.05) is 32.2 Å². The fraction of sp³-hybridized carbons (Fsp3) is 0.556. The van der Waals surface area contributed by atoms with Gasteiger partial charge < -0.3 is 15.5 Å². The van der Waals surface area contributed by atoms with Gasteiger partial charge in [-0.05, 0) is 48.9 Å². The van der Waals surface area contributed by atoms with E-state index >= 15 is 0 Å². The van der Waals surface area contributed by atoms with Crippen LogP contribution in [-0.4, -0.2) is 42.9 Å². The third kappa shape index (κ3) is 4.48. The van der Waals surface area contributed by atoms with Crippen LogP contribution in [-0.2, 0) is 16.0 Å². The Bertz CT molecular complexity index is 572. The molecule has 2 saturated heterocycles. The lowest BCUT2D eigenvalue weighted by Crippen LogP contribution is -2.44. The molecule has 2 fully saturated rings. The maximum atomic E-state index is 12.5. The van der Waals surface area contributed by atoms with Gasteiger partial charge in [0.05, 0.1) is 6.42 Å². The number of likely N-dealkylation sites (tertiary alicyclic amines) is 1. The summed E-state index contributed by atoms with van der Waals surface area (Å²) in [5.41, 5.74) is 2.20. The summed E-state index contributed by atoms with van der Waals surface area (Å²) in [5.74, 6) is 0.121. The first-order valence-corrected chi connectivity index (χ1v) is 8.41. The van der Waals surface area contributed by atoms with Crippen molar-refractivity contribution in [2.75, 3.05) is 31.5 Å². The standard InChI is InChI=1S/C18H25N3O2.ClH/c1-14(22)20-16-4-2-15(3-5-16)12-17(23)21-10-7-18(8-11-21)6-9-19-13-18;/h2-5,19H,6-13H2,1H3,(H,20,22);1H. The second kappa shape index (κ2) is 7.99. The molecule has 1 spiro atoms. The third-order valence-corrected chi connectivity index (χ3v) is 5.14. The van der Waals surface area contributed by atoms with Gasteiger partial charge in [-0.15, -0.1) is 12.4 Å². The van der Waals surface area contributed by atoms with Crippen molar-refractivity contribution >= 4 is 29.9 Å². The molecule has 3 rings (SSSR count). The van der Waals surface area contributed by atoms with Gasteiger partial charge in [-0.25, -0.2) is 0 Å². The van der Waals surface area contributed by atoms with Crippen LogP contribution in [0.15, 0.2) is 24.3 Å². The molecular weight excluding hydrogens is 326 g/mol. The van der Waals surface area contributed by atoms with E-state index < -0.39 is 0 Å². The first-order valence-electron chi connectivity index (χ1n) is 8.41. The Morgan fingerprint density at radius 2 is 1.83 bits per heavy atom. The fourth-order valence-electron chi connectivity index (χ4n) is 3.65. The molecule has 0 unspecified atom stereocenters. The van der Waals surface area contributed by atoms with E-state index in [9.17, 15) is 9.59 Å². The first-order chi connectivity index (χ1) is 11.1. The molecule has 6 heteroatoms. The topological polar surface area (TPSA) is 61.4 Å². The van der Waals surface area contributed by atoms with E-state index in [1.807, 2.05) is 29.2 Å². The van der Waals surface area contributed by atoms with E-state index in [0.29, 0.717) is 11.8 Å². The number of benzene rings is 1. The lowest BCUT2D eigenvalue weighted by Gasteiger charge is -2.39. The molecule has 1 aromatic rings. The van der Waals surface area contributed by atoms with Crippen molar-refractivity contribution in [1.82, 2.24) is 10.2 Å². The molecule has 0 radical (unpaired) electrons. The van der Waals surface area contributed by atoms with Crippen molar-refractivity contribution in [2.45, 2.75) is 32.6 Å². The number of amides is 2. The summed E-state index contributed by atoms with van der Waals surface area (Å²) >= 11 is 0. The number of hydrogen-bond acceptors (Lipinski definition) is 3. The van der Waals surface area contributed by atoms with E-state index in [1.165, 1.54) is 13.3 Å². The van der Waals surface area contributed by atoms with Gasteiger partial charge in [-0.3, -0.25) is 9.59 Å². The Balaban J connectivity index is 0.00000208. The quantitative estimate of drug-likeness (QED) is 0.877. The van der Waals surface area contributed by atoms with Crippen LogP contribution in [0.3, 0.4) is 0 Å². The number of carbonyl (C=O) groups excluding carboxylic acids is 2. The van der Waals surface area contributed by atoms with Crippen LogP contribution in [0.25, 0.3) is 0 Å². The van der Waals surface area contributed by atoms with Gasteiger partial charge in [0.1, 0.15) is 0 Å². The second-order valence-corrected chi connectivity index (χ2v) is 6.86. The van der Waals surface area contributed by atoms with Crippen LogP contribution in [0, 0.1) is 5.41 Å². The highest BCUT2D eigenvalue weighted by molar-refractivity contribution is 5.88. The number of rotatable bonds is 3. The minimum absolute atomic E-state index is 0. The fourth-order valence-corrected chi connectivity index (χ4v) is 3.65. The van der Waals surface area contributed by atoms with Gasteiger partial charge >= 0.3 is 0 Å². The molecule has 0 aliphatic carbocycles. The molecule has 0 atom stereocenters. The molecule has 132 valence electrons. The maximum absolute atomic E-state index is 12.5. The summed E-state index contributed by atoms with van der Waals surface area (Å²) in [6.45, 7) is 5.48. The van der Waals surface area contributed by atoms with E-state index in [1.54, 1.807) is 0 Å². The molecule has 2 N–H and O–H groups in total. The number of nitrogens with zero attached hydrogens (tertiary/aromatic N) is 1. The van der Waals surface area contributed by atoms with E-state index in [4.69, 9.17) is 0 Å². The average molecular weight is 352 g/mol. The molecule has 2 aliphatic rings. The predicted molar refractivity (Wildman–Crippen MR) is 97.4 cm³/mol. The molecule has 5 nitrogen and oxygen atoms in total. The number of halogens is 1. The Hall–Kier alpha value is -1.59. The van der Waals surface area contributed by atoms with Gasteiger partial charge in [0.25, 0.3) is 0 Å². The largest absolute Gasteiger partial charge is 0.342 e. The number of piperidine rings is 1. The summed E-state index contributed by atoms with van der Waals surface area (Å²) in [6, 6.07) is 7.52. The van der Waals surface area contributed by atoms with Crippen molar-refractivity contribution in [2.24, 2.45) is 5.41 Å². The molecule has 2 aliphatic heterocycles. The van der Waals surface area contributed by atoms with Gasteiger partial charge in [0.15, 0.2) is 0 Å². The Kier molecular flexibility index (Phi) is 6.24. The van der Waals surface area contributed by atoms with Crippen LogP contribution < -0.4 is 10.6 Å². The van der Waals surface area contributed by atoms with E-state index in [0.717, 1.165) is 50.3 Å². The Morgan fingerprint density at radius 1 is 1.17 bits per heavy atom. The zero-order valence-electron chi connectivity index (χ0n) is 14.1. The zero-order valence-corrected chi connectivity index (χ0v) is 15.0. The van der Waals surface area contributed by atoms with E-state index in [-0.39, 0.29) is 24.2 Å². The third-order valence-electron chi connectivity index (χ3n) is 5.14. The second-order valence-electron chi connectivity index (χ2n) is 6.86. The smallest absolute Gasteiger partial charge is 0.226 e. The molecule has 2 heterocycles. The highest BCUT2D eigenvalue weighted by atomic mass is 35.5. The number of nitrogens with one attached hydrogen (secondary N) is 2. The Labute approximate surface area is 149 Å². The van der Waals surface area contributed by atoms with Crippen molar-refractivity contribution in [3.8, 4) is 0 Å². The summed E-state index contributed by atoms with van der Waals surface area (Å²) in [4.78, 5) is 25.5. The highest BCUT2D eigenvalue weighted by Gasteiger charge is 2.37. The van der Waals surface area contributed by atoms with Crippen molar-refractivity contribution in [3.05, 3.63) is 29.8 Å². The molecular formula is C18H26ClN3O2. The van der Waals surface area contributed by atoms with Crippen molar-refractivity contribution in [3.63, 3.8) is 0 Å². The summed E-state index contributed by atoms with van der Waals surface area (Å²) in [5, 5.41) is 6.19. The monoisotopic (exact) mass is 351 g/mol. The highest BCUT2D eigenvalue weighted by Crippen LogP contribution is 2.36. The minimum Gasteiger partial charge on any atom is -0.342 e. The van der Waals surface area contributed by atoms with Crippen LogP contribution in [0.5, 0.6) is 0 Å². The Morgan fingerprint density at radius 3 is 2.38 bits per heavy atom. The number of anilines is 1. The summed E-state index contributed by atoms with van der Waals surface area (Å²) in [6.07, 6.45) is 3.92. The summed E-state index contributed by atoms with van der Waals surface area (Å²) in [7, 11) is 0. The van der Waals surface area contributed by atoms with Gasteiger partial charge in [0.2, 0.25) is 11.8 Å². The lowest BCUT2D eigenvalue weighted by molar-refractivity contribution is -0.132. The van der Waals surface area contributed by atoms with Crippen LogP contribution in [0.4, 0.5) is 5.69 Å².